The highest BCUT2D eigenvalue weighted by Gasteiger charge is 2.05. The molecule has 0 unspecified atom stereocenters. The third-order valence-electron chi connectivity index (χ3n) is 3.24. The topological polar surface area (TPSA) is 22.4 Å². The molecule has 2 aromatic carbocycles. The van der Waals surface area contributed by atoms with E-state index in [2.05, 4.69) is 0 Å². The molecule has 0 aliphatic heterocycles. The molecule has 2 heteroatoms. The fourth-order valence-corrected chi connectivity index (χ4v) is 2.18. The van der Waals surface area contributed by atoms with Crippen LogP contribution in [0.3, 0.4) is 0 Å². The van der Waals surface area contributed by atoms with Crippen LogP contribution in [0, 0.1) is 0 Å². The molecule has 0 N–H and O–H groups in total. The van der Waals surface area contributed by atoms with Crippen LogP contribution in [0.25, 0.3) is 23.2 Å². The third kappa shape index (κ3) is 3.06. The van der Waals surface area contributed by atoms with E-state index in [0.29, 0.717) is 0 Å². The smallest absolute Gasteiger partial charge is 0.134 e. The van der Waals surface area contributed by atoms with Gasteiger partial charge in [0.2, 0.25) is 0 Å². The van der Waals surface area contributed by atoms with Crippen LogP contribution in [-0.4, -0.2) is 7.11 Å². The molecule has 0 atom stereocenters. The van der Waals surface area contributed by atoms with E-state index in [1.807, 2.05) is 78.9 Å². The largest absolute Gasteiger partial charge is 0.496 e. The molecule has 0 aliphatic carbocycles. The minimum absolute atomic E-state index is 0.773. The van der Waals surface area contributed by atoms with Crippen LogP contribution in [0.5, 0.6) is 0 Å². The normalized spacial score (nSPS) is 11.4. The highest BCUT2D eigenvalue weighted by molar-refractivity contribution is 5.76. The molecule has 0 amide bonds. The van der Waals surface area contributed by atoms with E-state index < -0.39 is 0 Å². The lowest BCUT2D eigenvalue weighted by atomic mass is 10.1. The van der Waals surface area contributed by atoms with Gasteiger partial charge < -0.3 is 9.15 Å². The van der Waals surface area contributed by atoms with E-state index in [-0.39, 0.29) is 0 Å². The first-order chi connectivity index (χ1) is 10.4. The standard InChI is InChI=1S/C19H16O2/c1-20-19(16-10-6-3-7-11-16)14-17-12-13-18(21-17)15-8-4-2-5-9-15/h2-14H,1H3. The lowest BCUT2D eigenvalue weighted by Crippen LogP contribution is -1.86. The summed E-state index contributed by atoms with van der Waals surface area (Å²) in [7, 11) is 1.67. The van der Waals surface area contributed by atoms with Crippen LogP contribution in [0.15, 0.2) is 77.2 Å². The van der Waals surface area contributed by atoms with E-state index in [1.54, 1.807) is 7.11 Å². The Morgan fingerprint density at radius 3 is 2.19 bits per heavy atom. The van der Waals surface area contributed by atoms with Crippen molar-refractivity contribution < 1.29 is 9.15 Å². The molecule has 3 aromatic rings. The summed E-state index contributed by atoms with van der Waals surface area (Å²) in [4.78, 5) is 0. The summed E-state index contributed by atoms with van der Waals surface area (Å²) >= 11 is 0. The lowest BCUT2D eigenvalue weighted by Gasteiger charge is -2.05. The van der Waals surface area contributed by atoms with Gasteiger partial charge in [0, 0.05) is 17.2 Å². The van der Waals surface area contributed by atoms with Crippen molar-refractivity contribution in [2.45, 2.75) is 0 Å². The van der Waals surface area contributed by atoms with Crippen LogP contribution in [0.4, 0.5) is 0 Å². The van der Waals surface area contributed by atoms with E-state index in [4.69, 9.17) is 9.15 Å². The molecule has 2 nitrogen and oxygen atoms in total. The summed E-state index contributed by atoms with van der Waals surface area (Å²) < 4.78 is 11.3. The van der Waals surface area contributed by atoms with E-state index in [0.717, 1.165) is 28.4 Å². The van der Waals surface area contributed by atoms with Gasteiger partial charge in [0.1, 0.15) is 17.3 Å². The number of hydrogen-bond acceptors (Lipinski definition) is 2. The van der Waals surface area contributed by atoms with Gasteiger partial charge in [-0.15, -0.1) is 0 Å². The van der Waals surface area contributed by atoms with E-state index in [1.165, 1.54) is 0 Å². The van der Waals surface area contributed by atoms with Crippen molar-refractivity contribution in [2.75, 3.05) is 7.11 Å². The molecule has 1 aromatic heterocycles. The molecule has 104 valence electrons. The fraction of sp³-hybridized carbons (Fsp3) is 0.0526. The molecule has 3 rings (SSSR count). The van der Waals surface area contributed by atoms with Gasteiger partial charge in [0.25, 0.3) is 0 Å². The van der Waals surface area contributed by atoms with Gasteiger partial charge in [-0.25, -0.2) is 0 Å². The van der Waals surface area contributed by atoms with Crippen LogP contribution in [-0.2, 0) is 4.74 Å². The van der Waals surface area contributed by atoms with Crippen LogP contribution in [0.2, 0.25) is 0 Å². The van der Waals surface area contributed by atoms with Crippen LogP contribution >= 0.6 is 0 Å². The molecule has 21 heavy (non-hydrogen) atoms. The monoisotopic (exact) mass is 276 g/mol. The van der Waals surface area contributed by atoms with Gasteiger partial charge in [-0.05, 0) is 12.1 Å². The Kier molecular flexibility index (Phi) is 3.88. The van der Waals surface area contributed by atoms with Crippen molar-refractivity contribution in [3.8, 4) is 11.3 Å². The summed E-state index contributed by atoms with van der Waals surface area (Å²) in [6.07, 6.45) is 1.90. The Labute approximate surface area is 124 Å². The molecule has 0 saturated carbocycles. The zero-order valence-electron chi connectivity index (χ0n) is 11.8. The summed E-state index contributed by atoms with van der Waals surface area (Å²) in [5, 5.41) is 0. The zero-order valence-corrected chi connectivity index (χ0v) is 11.8. The zero-order chi connectivity index (χ0) is 14.5. The molecule has 0 fully saturated rings. The van der Waals surface area contributed by atoms with Gasteiger partial charge >= 0.3 is 0 Å². The Bertz CT molecular complexity index is 725. The Balaban J connectivity index is 1.91. The molecular weight excluding hydrogens is 260 g/mol. The van der Waals surface area contributed by atoms with Gasteiger partial charge in [0.15, 0.2) is 0 Å². The summed E-state index contributed by atoms with van der Waals surface area (Å²) in [5.74, 6) is 2.41. The first-order valence-corrected chi connectivity index (χ1v) is 6.83. The van der Waals surface area contributed by atoms with Gasteiger partial charge in [-0.2, -0.15) is 0 Å². The first-order valence-electron chi connectivity index (χ1n) is 6.83. The van der Waals surface area contributed by atoms with Crippen molar-refractivity contribution >= 4 is 11.8 Å². The van der Waals surface area contributed by atoms with Crippen molar-refractivity contribution in [1.82, 2.24) is 0 Å². The van der Waals surface area contributed by atoms with E-state index >= 15 is 0 Å². The van der Waals surface area contributed by atoms with Gasteiger partial charge in [-0.3, -0.25) is 0 Å². The molecule has 0 spiro atoms. The maximum absolute atomic E-state index is 5.87. The minimum atomic E-state index is 0.773. The summed E-state index contributed by atoms with van der Waals surface area (Å²) in [6, 6.07) is 23.9. The highest BCUT2D eigenvalue weighted by Crippen LogP contribution is 2.25. The maximum Gasteiger partial charge on any atom is 0.134 e. The summed E-state index contributed by atoms with van der Waals surface area (Å²) in [5.41, 5.74) is 2.09. The SMILES string of the molecule is COC(=Cc1ccc(-c2ccccc2)o1)c1ccccc1. The molecule has 1 heterocycles. The third-order valence-corrected chi connectivity index (χ3v) is 3.24. The number of methoxy groups -OCH3 is 1. The van der Waals surface area contributed by atoms with Crippen LogP contribution in [0.1, 0.15) is 11.3 Å². The van der Waals surface area contributed by atoms with Crippen molar-refractivity contribution in [3.05, 3.63) is 84.1 Å². The molecular formula is C19H16O2. The molecule has 0 saturated heterocycles. The number of rotatable bonds is 4. The predicted octanol–water partition coefficient (Wildman–Crippen LogP) is 5.09. The Morgan fingerprint density at radius 2 is 1.52 bits per heavy atom. The average molecular weight is 276 g/mol. The second-order valence-corrected chi connectivity index (χ2v) is 4.65. The number of benzene rings is 2. The lowest BCUT2D eigenvalue weighted by molar-refractivity contribution is 0.372. The van der Waals surface area contributed by atoms with Gasteiger partial charge in [0.05, 0.1) is 7.11 Å². The fourth-order valence-electron chi connectivity index (χ4n) is 2.18. The molecule has 0 aliphatic rings. The minimum Gasteiger partial charge on any atom is -0.496 e. The summed E-state index contributed by atoms with van der Waals surface area (Å²) in [6.45, 7) is 0. The Morgan fingerprint density at radius 1 is 0.857 bits per heavy atom. The maximum atomic E-state index is 5.87. The Hall–Kier alpha value is -2.74. The highest BCUT2D eigenvalue weighted by atomic mass is 16.5. The van der Waals surface area contributed by atoms with Crippen molar-refractivity contribution in [3.63, 3.8) is 0 Å². The number of furan rings is 1. The van der Waals surface area contributed by atoms with Crippen molar-refractivity contribution in [2.24, 2.45) is 0 Å². The van der Waals surface area contributed by atoms with E-state index in [9.17, 15) is 0 Å². The average Bonchev–Trinajstić information content (AvgIpc) is 3.03. The van der Waals surface area contributed by atoms with Crippen LogP contribution < -0.4 is 0 Å². The second-order valence-electron chi connectivity index (χ2n) is 4.65. The van der Waals surface area contributed by atoms with Gasteiger partial charge in [-0.1, -0.05) is 60.7 Å². The molecule has 0 radical (unpaired) electrons. The second kappa shape index (κ2) is 6.14. The molecule has 0 bridgehead atoms. The van der Waals surface area contributed by atoms with Crippen molar-refractivity contribution in [1.29, 1.82) is 0 Å². The number of ether oxygens (including phenoxy) is 1. The first kappa shape index (κ1) is 13.3. The predicted molar refractivity (Wildman–Crippen MR) is 85.5 cm³/mol. The quantitative estimate of drug-likeness (QED) is 0.619. The number of hydrogen-bond donors (Lipinski definition) is 0.